The highest BCUT2D eigenvalue weighted by molar-refractivity contribution is 6.31. The molecule has 0 aliphatic rings. The molecule has 0 saturated carbocycles. The molecule has 0 amide bonds. The summed E-state index contributed by atoms with van der Waals surface area (Å²) in [6.07, 6.45) is 0. The van der Waals surface area contributed by atoms with Crippen molar-refractivity contribution >= 4 is 11.6 Å². The van der Waals surface area contributed by atoms with Crippen molar-refractivity contribution in [2.75, 3.05) is 0 Å². The van der Waals surface area contributed by atoms with E-state index in [1.165, 1.54) is 6.07 Å². The maximum absolute atomic E-state index is 11.5. The Bertz CT molecular complexity index is 713. The summed E-state index contributed by atoms with van der Waals surface area (Å²) in [5.74, 6) is 0. The third-order valence-electron chi connectivity index (χ3n) is 2.68. The minimum Gasteiger partial charge on any atom is -0.287 e. The SMILES string of the molecule is Cc1c(Cl)cccc1-n1nc(C#N)c(=O)cc1C. The van der Waals surface area contributed by atoms with Gasteiger partial charge in [0.2, 0.25) is 11.1 Å². The first kappa shape index (κ1) is 12.3. The third kappa shape index (κ3) is 2.01. The van der Waals surface area contributed by atoms with Crippen molar-refractivity contribution in [1.29, 1.82) is 5.26 Å². The molecule has 4 nitrogen and oxygen atoms in total. The van der Waals surface area contributed by atoms with Gasteiger partial charge in [-0.1, -0.05) is 17.7 Å². The molecule has 90 valence electrons. The van der Waals surface area contributed by atoms with Crippen LogP contribution >= 0.6 is 11.6 Å². The molecule has 0 fully saturated rings. The van der Waals surface area contributed by atoms with Gasteiger partial charge in [-0.05, 0) is 31.5 Å². The van der Waals surface area contributed by atoms with Crippen LogP contribution in [-0.4, -0.2) is 9.78 Å². The lowest BCUT2D eigenvalue weighted by Crippen LogP contribution is -2.17. The van der Waals surface area contributed by atoms with E-state index in [-0.39, 0.29) is 11.1 Å². The summed E-state index contributed by atoms with van der Waals surface area (Å²) in [4.78, 5) is 11.5. The summed E-state index contributed by atoms with van der Waals surface area (Å²) < 4.78 is 1.56. The minimum atomic E-state index is -0.370. The Balaban J connectivity index is 2.76. The molecule has 18 heavy (non-hydrogen) atoms. The molecule has 0 atom stereocenters. The van der Waals surface area contributed by atoms with Crippen molar-refractivity contribution in [2.45, 2.75) is 13.8 Å². The number of nitrogens with zero attached hydrogens (tertiary/aromatic N) is 3. The Morgan fingerprint density at radius 1 is 1.39 bits per heavy atom. The zero-order valence-corrected chi connectivity index (χ0v) is 10.7. The van der Waals surface area contributed by atoms with E-state index < -0.39 is 0 Å². The zero-order valence-electron chi connectivity index (χ0n) is 9.94. The van der Waals surface area contributed by atoms with Crippen LogP contribution in [0.1, 0.15) is 17.0 Å². The highest BCUT2D eigenvalue weighted by atomic mass is 35.5. The first-order chi connectivity index (χ1) is 8.54. The van der Waals surface area contributed by atoms with E-state index in [9.17, 15) is 4.79 Å². The van der Waals surface area contributed by atoms with Crippen LogP contribution in [0.15, 0.2) is 29.1 Å². The van der Waals surface area contributed by atoms with Crippen molar-refractivity contribution in [2.24, 2.45) is 0 Å². The van der Waals surface area contributed by atoms with Crippen LogP contribution in [0.4, 0.5) is 0 Å². The lowest BCUT2D eigenvalue weighted by Gasteiger charge is -2.12. The molecule has 0 N–H and O–H groups in total. The number of aromatic nitrogens is 2. The molecule has 0 spiro atoms. The normalized spacial score (nSPS) is 10.1. The number of rotatable bonds is 1. The second-order valence-corrected chi connectivity index (χ2v) is 4.31. The van der Waals surface area contributed by atoms with Gasteiger partial charge in [-0.2, -0.15) is 10.4 Å². The van der Waals surface area contributed by atoms with E-state index in [1.807, 2.05) is 13.0 Å². The van der Waals surface area contributed by atoms with E-state index in [4.69, 9.17) is 16.9 Å². The van der Waals surface area contributed by atoms with E-state index >= 15 is 0 Å². The van der Waals surface area contributed by atoms with Crippen molar-refractivity contribution in [3.8, 4) is 11.8 Å². The van der Waals surface area contributed by atoms with Crippen LogP contribution in [0.25, 0.3) is 5.69 Å². The fourth-order valence-corrected chi connectivity index (χ4v) is 1.86. The van der Waals surface area contributed by atoms with Crippen molar-refractivity contribution in [3.63, 3.8) is 0 Å². The first-order valence-corrected chi connectivity index (χ1v) is 5.69. The Morgan fingerprint density at radius 2 is 2.11 bits per heavy atom. The van der Waals surface area contributed by atoms with Gasteiger partial charge < -0.3 is 0 Å². The summed E-state index contributed by atoms with van der Waals surface area (Å²) in [6, 6.07) is 8.61. The van der Waals surface area contributed by atoms with Gasteiger partial charge in [0.15, 0.2) is 0 Å². The van der Waals surface area contributed by atoms with Crippen molar-refractivity contribution in [3.05, 3.63) is 56.5 Å². The molecule has 2 rings (SSSR count). The summed E-state index contributed by atoms with van der Waals surface area (Å²) in [5, 5.41) is 13.5. The van der Waals surface area contributed by atoms with Gasteiger partial charge in [0.05, 0.1) is 5.69 Å². The van der Waals surface area contributed by atoms with Gasteiger partial charge in [-0.25, -0.2) is 4.68 Å². The molecule has 1 heterocycles. The highest BCUT2D eigenvalue weighted by Gasteiger charge is 2.10. The Morgan fingerprint density at radius 3 is 2.78 bits per heavy atom. The minimum absolute atomic E-state index is 0.125. The summed E-state index contributed by atoms with van der Waals surface area (Å²) >= 11 is 6.05. The number of aryl methyl sites for hydroxylation is 1. The predicted molar refractivity (Wildman–Crippen MR) is 69.0 cm³/mol. The van der Waals surface area contributed by atoms with E-state index in [0.29, 0.717) is 10.7 Å². The summed E-state index contributed by atoms with van der Waals surface area (Å²) in [6.45, 7) is 3.62. The number of halogens is 1. The molecule has 0 saturated heterocycles. The monoisotopic (exact) mass is 259 g/mol. The number of hydrogen-bond acceptors (Lipinski definition) is 3. The maximum Gasteiger partial charge on any atom is 0.218 e. The van der Waals surface area contributed by atoms with Crippen LogP contribution in [0, 0.1) is 25.2 Å². The van der Waals surface area contributed by atoms with Gasteiger partial charge in [0.1, 0.15) is 6.07 Å². The molecule has 0 bridgehead atoms. The second-order valence-electron chi connectivity index (χ2n) is 3.91. The lowest BCUT2D eigenvalue weighted by molar-refractivity contribution is 0.785. The van der Waals surface area contributed by atoms with Crippen LogP contribution < -0.4 is 5.43 Å². The molecule has 0 aliphatic heterocycles. The standard InChI is InChI=1S/C13H10ClN3O/c1-8-6-13(18)11(7-15)16-17(8)12-5-3-4-10(14)9(12)2/h3-6H,1-2H3. The summed E-state index contributed by atoms with van der Waals surface area (Å²) in [7, 11) is 0. The molecule has 1 aromatic carbocycles. The third-order valence-corrected chi connectivity index (χ3v) is 3.09. The molecular formula is C13H10ClN3O. The summed E-state index contributed by atoms with van der Waals surface area (Å²) in [5.41, 5.74) is 1.77. The van der Waals surface area contributed by atoms with Gasteiger partial charge in [-0.15, -0.1) is 0 Å². The van der Waals surface area contributed by atoms with Crippen molar-refractivity contribution in [1.82, 2.24) is 9.78 Å². The molecular weight excluding hydrogens is 250 g/mol. The van der Waals surface area contributed by atoms with Gasteiger partial charge >= 0.3 is 0 Å². The van der Waals surface area contributed by atoms with Gasteiger partial charge in [0, 0.05) is 16.8 Å². The predicted octanol–water partition coefficient (Wildman–Crippen LogP) is 2.37. The molecule has 5 heteroatoms. The van der Waals surface area contributed by atoms with Crippen molar-refractivity contribution < 1.29 is 0 Å². The average molecular weight is 260 g/mol. The van der Waals surface area contributed by atoms with Gasteiger partial charge in [-0.3, -0.25) is 4.79 Å². The smallest absolute Gasteiger partial charge is 0.218 e. The van der Waals surface area contributed by atoms with Crippen LogP contribution in [0.5, 0.6) is 0 Å². The molecule has 0 radical (unpaired) electrons. The topological polar surface area (TPSA) is 58.7 Å². The van der Waals surface area contributed by atoms with Crippen LogP contribution in [-0.2, 0) is 0 Å². The number of benzene rings is 1. The second kappa shape index (κ2) is 4.63. The highest BCUT2D eigenvalue weighted by Crippen LogP contribution is 2.22. The van der Waals surface area contributed by atoms with E-state index in [2.05, 4.69) is 5.10 Å². The fourth-order valence-electron chi connectivity index (χ4n) is 1.69. The quantitative estimate of drug-likeness (QED) is 0.790. The molecule has 0 unspecified atom stereocenters. The first-order valence-electron chi connectivity index (χ1n) is 5.31. The van der Waals surface area contributed by atoms with E-state index in [0.717, 1.165) is 11.3 Å². The Labute approximate surface area is 109 Å². The molecule has 0 aliphatic carbocycles. The Hall–Kier alpha value is -2.12. The number of hydrogen-bond donors (Lipinski definition) is 0. The Kier molecular flexibility index (Phi) is 3.17. The number of nitriles is 1. The molecule has 2 aromatic rings. The van der Waals surface area contributed by atoms with Crippen LogP contribution in [0.2, 0.25) is 5.02 Å². The van der Waals surface area contributed by atoms with Gasteiger partial charge in [0.25, 0.3) is 0 Å². The van der Waals surface area contributed by atoms with E-state index in [1.54, 1.807) is 29.8 Å². The fraction of sp³-hybridized carbons (Fsp3) is 0.154. The maximum atomic E-state index is 11.5. The average Bonchev–Trinajstić information content (AvgIpc) is 2.34. The lowest BCUT2D eigenvalue weighted by atomic mass is 10.2. The zero-order chi connectivity index (χ0) is 13.3. The van der Waals surface area contributed by atoms with Crippen LogP contribution in [0.3, 0.4) is 0 Å². The molecule has 1 aromatic heterocycles. The largest absolute Gasteiger partial charge is 0.287 e.